The first kappa shape index (κ1) is 26.6. The van der Waals surface area contributed by atoms with E-state index in [0.717, 1.165) is 23.3 Å². The summed E-state index contributed by atoms with van der Waals surface area (Å²) in [7, 11) is 1.57. The first-order chi connectivity index (χ1) is 16.1. The van der Waals surface area contributed by atoms with Crippen molar-refractivity contribution >= 4 is 17.8 Å². The molecule has 0 spiro atoms. The van der Waals surface area contributed by atoms with Crippen LogP contribution in [0.1, 0.15) is 38.8 Å². The van der Waals surface area contributed by atoms with E-state index < -0.39 is 29.5 Å². The van der Waals surface area contributed by atoms with Gasteiger partial charge < -0.3 is 19.1 Å². The van der Waals surface area contributed by atoms with E-state index in [1.165, 1.54) is 4.90 Å². The number of rotatable bonds is 10. The average molecular weight is 468 g/mol. The maximum Gasteiger partial charge on any atom is 0.331 e. The maximum atomic E-state index is 13.3. The summed E-state index contributed by atoms with van der Waals surface area (Å²) >= 11 is 0. The molecule has 0 radical (unpaired) electrons. The Hall–Kier alpha value is -3.61. The van der Waals surface area contributed by atoms with Gasteiger partial charge in [0.2, 0.25) is 5.91 Å². The molecule has 1 atom stereocenters. The van der Waals surface area contributed by atoms with Gasteiger partial charge in [0.25, 0.3) is 0 Å². The second kappa shape index (κ2) is 12.6. The lowest BCUT2D eigenvalue weighted by molar-refractivity contribution is -0.154. The SMILES string of the molecule is CCOC(=O)[C@H](Cc1ccccc1)N(Cc1ccc(OC)cc1)C(=O)/C=C/C(=O)OC(C)(C)C. The number of nitrogens with zero attached hydrogens (tertiary/aromatic N) is 1. The molecule has 0 bridgehead atoms. The van der Waals surface area contributed by atoms with Gasteiger partial charge >= 0.3 is 11.9 Å². The third kappa shape index (κ3) is 8.73. The van der Waals surface area contributed by atoms with Gasteiger partial charge in [0.1, 0.15) is 17.4 Å². The minimum atomic E-state index is -0.889. The lowest BCUT2D eigenvalue weighted by Gasteiger charge is -2.30. The van der Waals surface area contributed by atoms with E-state index >= 15 is 0 Å². The number of benzene rings is 2. The molecule has 0 fully saturated rings. The highest BCUT2D eigenvalue weighted by Gasteiger charge is 2.31. The minimum absolute atomic E-state index is 0.137. The number of methoxy groups -OCH3 is 1. The summed E-state index contributed by atoms with van der Waals surface area (Å²) in [6.07, 6.45) is 2.48. The Morgan fingerprint density at radius 1 is 0.941 bits per heavy atom. The molecule has 2 rings (SSSR count). The van der Waals surface area contributed by atoms with Gasteiger partial charge in [0.05, 0.1) is 13.7 Å². The van der Waals surface area contributed by atoms with Crippen LogP contribution < -0.4 is 4.74 Å². The lowest BCUT2D eigenvalue weighted by atomic mass is 10.0. The third-order valence-corrected chi connectivity index (χ3v) is 4.77. The Kier molecular flexibility index (Phi) is 9.86. The Balaban J connectivity index is 2.38. The fourth-order valence-electron chi connectivity index (χ4n) is 3.24. The van der Waals surface area contributed by atoms with Crippen LogP contribution >= 0.6 is 0 Å². The van der Waals surface area contributed by atoms with Crippen LogP contribution in [0.2, 0.25) is 0 Å². The highest BCUT2D eigenvalue weighted by Crippen LogP contribution is 2.18. The minimum Gasteiger partial charge on any atom is -0.497 e. The number of carbonyl (C=O) groups excluding carboxylic acids is 3. The predicted molar refractivity (Wildman–Crippen MR) is 129 cm³/mol. The summed E-state index contributed by atoms with van der Waals surface area (Å²) in [6.45, 7) is 7.27. The van der Waals surface area contributed by atoms with Crippen LogP contribution in [-0.2, 0) is 36.8 Å². The second-order valence-corrected chi connectivity index (χ2v) is 8.64. The molecular formula is C27H33NO6. The highest BCUT2D eigenvalue weighted by atomic mass is 16.6. The van der Waals surface area contributed by atoms with E-state index in [2.05, 4.69) is 0 Å². The van der Waals surface area contributed by atoms with Crippen LogP contribution in [0.3, 0.4) is 0 Å². The highest BCUT2D eigenvalue weighted by molar-refractivity contribution is 5.96. The molecule has 0 aliphatic rings. The molecule has 2 aromatic carbocycles. The number of ether oxygens (including phenoxy) is 3. The van der Waals surface area contributed by atoms with Gasteiger partial charge in [-0.1, -0.05) is 42.5 Å². The van der Waals surface area contributed by atoms with E-state index in [4.69, 9.17) is 14.2 Å². The lowest BCUT2D eigenvalue weighted by Crippen LogP contribution is -2.46. The van der Waals surface area contributed by atoms with Crippen molar-refractivity contribution in [1.82, 2.24) is 4.90 Å². The van der Waals surface area contributed by atoms with Crippen molar-refractivity contribution in [1.29, 1.82) is 0 Å². The summed E-state index contributed by atoms with van der Waals surface area (Å²) in [6, 6.07) is 15.7. The predicted octanol–water partition coefficient (Wildman–Crippen LogP) is 4.10. The zero-order valence-corrected chi connectivity index (χ0v) is 20.4. The Labute approximate surface area is 201 Å². The quantitative estimate of drug-likeness (QED) is 0.387. The van der Waals surface area contributed by atoms with E-state index in [1.807, 2.05) is 42.5 Å². The summed E-state index contributed by atoms with van der Waals surface area (Å²) in [4.78, 5) is 39.8. The number of hydrogen-bond donors (Lipinski definition) is 0. The standard InChI is InChI=1S/C27H33NO6/c1-6-33-26(31)23(18-20-10-8-7-9-11-20)28(19-21-12-14-22(32-5)15-13-21)24(29)16-17-25(30)34-27(2,3)4/h7-17,23H,6,18-19H2,1-5H3/b17-16+/t23-/m0/s1. The molecule has 2 aromatic rings. The van der Waals surface area contributed by atoms with Crippen molar-refractivity contribution in [2.45, 2.75) is 52.3 Å². The van der Waals surface area contributed by atoms with Gasteiger partial charge in [0.15, 0.2) is 0 Å². The molecule has 0 aromatic heterocycles. The molecule has 182 valence electrons. The fourth-order valence-corrected chi connectivity index (χ4v) is 3.24. The van der Waals surface area contributed by atoms with Crippen molar-refractivity contribution in [2.75, 3.05) is 13.7 Å². The zero-order chi connectivity index (χ0) is 25.1. The molecule has 0 saturated carbocycles. The van der Waals surface area contributed by atoms with Crippen molar-refractivity contribution < 1.29 is 28.6 Å². The number of amides is 1. The first-order valence-electron chi connectivity index (χ1n) is 11.2. The van der Waals surface area contributed by atoms with Crippen molar-refractivity contribution in [3.05, 3.63) is 77.9 Å². The normalized spacial score (nSPS) is 12.1. The number of esters is 2. The molecule has 0 unspecified atom stereocenters. The Morgan fingerprint density at radius 3 is 2.15 bits per heavy atom. The largest absolute Gasteiger partial charge is 0.497 e. The summed E-state index contributed by atoms with van der Waals surface area (Å²) in [5.41, 5.74) is 0.986. The van der Waals surface area contributed by atoms with E-state index in [9.17, 15) is 14.4 Å². The molecule has 0 heterocycles. The van der Waals surface area contributed by atoms with E-state index in [1.54, 1.807) is 46.9 Å². The average Bonchev–Trinajstić information content (AvgIpc) is 2.80. The van der Waals surface area contributed by atoms with Gasteiger partial charge in [-0.05, 0) is 51.0 Å². The fraction of sp³-hybridized carbons (Fsp3) is 0.370. The van der Waals surface area contributed by atoms with Crippen LogP contribution in [0, 0.1) is 0 Å². The Morgan fingerprint density at radius 2 is 1.59 bits per heavy atom. The Bertz CT molecular complexity index is 976. The van der Waals surface area contributed by atoms with Gasteiger partial charge in [-0.2, -0.15) is 0 Å². The van der Waals surface area contributed by atoms with Crippen LogP contribution in [-0.4, -0.2) is 48.1 Å². The molecule has 0 N–H and O–H groups in total. The number of hydrogen-bond acceptors (Lipinski definition) is 6. The second-order valence-electron chi connectivity index (χ2n) is 8.64. The van der Waals surface area contributed by atoms with Gasteiger partial charge in [0, 0.05) is 25.1 Å². The van der Waals surface area contributed by atoms with E-state index in [-0.39, 0.29) is 19.6 Å². The zero-order valence-electron chi connectivity index (χ0n) is 20.4. The van der Waals surface area contributed by atoms with Crippen molar-refractivity contribution in [2.24, 2.45) is 0 Å². The summed E-state index contributed by atoms with van der Waals surface area (Å²) in [5.74, 6) is -0.979. The van der Waals surface area contributed by atoms with Crippen molar-refractivity contribution in [3.8, 4) is 5.75 Å². The molecule has 34 heavy (non-hydrogen) atoms. The van der Waals surface area contributed by atoms with Gasteiger partial charge in [-0.3, -0.25) is 4.79 Å². The smallest absolute Gasteiger partial charge is 0.331 e. The molecule has 0 saturated heterocycles. The van der Waals surface area contributed by atoms with Crippen LogP contribution in [0.4, 0.5) is 0 Å². The molecule has 1 amide bonds. The van der Waals surface area contributed by atoms with E-state index in [0.29, 0.717) is 5.75 Å². The maximum absolute atomic E-state index is 13.3. The summed E-state index contributed by atoms with van der Waals surface area (Å²) < 4.78 is 15.8. The topological polar surface area (TPSA) is 82.1 Å². The van der Waals surface area contributed by atoms with Gasteiger partial charge in [-0.15, -0.1) is 0 Å². The van der Waals surface area contributed by atoms with Crippen LogP contribution in [0.25, 0.3) is 0 Å². The molecule has 0 aliphatic heterocycles. The molecule has 7 heteroatoms. The molecular weight excluding hydrogens is 434 g/mol. The van der Waals surface area contributed by atoms with Crippen LogP contribution in [0.15, 0.2) is 66.7 Å². The molecule has 0 aliphatic carbocycles. The van der Waals surface area contributed by atoms with Crippen LogP contribution in [0.5, 0.6) is 5.75 Å². The van der Waals surface area contributed by atoms with Crippen molar-refractivity contribution in [3.63, 3.8) is 0 Å². The third-order valence-electron chi connectivity index (χ3n) is 4.77. The monoisotopic (exact) mass is 467 g/mol. The number of carbonyl (C=O) groups is 3. The summed E-state index contributed by atoms with van der Waals surface area (Å²) in [5, 5.41) is 0. The first-order valence-corrected chi connectivity index (χ1v) is 11.2. The van der Waals surface area contributed by atoms with Gasteiger partial charge in [-0.25, -0.2) is 9.59 Å². The molecule has 7 nitrogen and oxygen atoms in total.